The van der Waals surface area contributed by atoms with E-state index in [0.717, 1.165) is 30.7 Å². The molecule has 0 amide bonds. The van der Waals surface area contributed by atoms with Crippen LogP contribution in [0.4, 0.5) is 0 Å². The molecule has 1 heterocycles. The van der Waals surface area contributed by atoms with Gasteiger partial charge in [0, 0.05) is 32.9 Å². The second-order valence-corrected chi connectivity index (χ2v) is 5.62. The molecule has 2 rings (SSSR count). The minimum absolute atomic E-state index is 0.588. The quantitative estimate of drug-likeness (QED) is 0.585. The standard InChI is InChI=1S/C14H26N6/c1-15-14(16-9-12-7-8-18-20(12)4)17-10-13(19(2)3)11-5-6-11/h7-8,11,13H,5-6,9-10H2,1-4H3,(H2,15,16,17). The molecule has 20 heavy (non-hydrogen) atoms. The molecule has 1 aliphatic carbocycles. The number of nitrogens with one attached hydrogen (secondary N) is 2. The van der Waals surface area contributed by atoms with Gasteiger partial charge in [0.15, 0.2) is 5.96 Å². The summed E-state index contributed by atoms with van der Waals surface area (Å²) < 4.78 is 1.87. The third-order valence-corrected chi connectivity index (χ3v) is 3.89. The monoisotopic (exact) mass is 278 g/mol. The molecule has 1 fully saturated rings. The number of aryl methyl sites for hydroxylation is 1. The van der Waals surface area contributed by atoms with Gasteiger partial charge in [0.2, 0.25) is 0 Å². The predicted octanol–water partition coefficient (Wildman–Crippen LogP) is 0.425. The Morgan fingerprint density at radius 1 is 1.50 bits per heavy atom. The fraction of sp³-hybridized carbons (Fsp3) is 0.714. The summed E-state index contributed by atoms with van der Waals surface area (Å²) in [5.74, 6) is 1.69. The summed E-state index contributed by atoms with van der Waals surface area (Å²) >= 11 is 0. The van der Waals surface area contributed by atoms with Gasteiger partial charge in [-0.2, -0.15) is 5.10 Å². The number of guanidine groups is 1. The van der Waals surface area contributed by atoms with Crippen LogP contribution < -0.4 is 10.6 Å². The van der Waals surface area contributed by atoms with Gasteiger partial charge in [-0.25, -0.2) is 0 Å². The zero-order valence-corrected chi connectivity index (χ0v) is 12.9. The van der Waals surface area contributed by atoms with Gasteiger partial charge >= 0.3 is 0 Å². The van der Waals surface area contributed by atoms with Crippen LogP contribution >= 0.6 is 0 Å². The Labute approximate surface area is 121 Å². The molecule has 6 nitrogen and oxygen atoms in total. The van der Waals surface area contributed by atoms with Crippen molar-refractivity contribution in [3.8, 4) is 0 Å². The maximum Gasteiger partial charge on any atom is 0.191 e. The molecule has 0 aromatic carbocycles. The summed E-state index contributed by atoms with van der Waals surface area (Å²) in [5.41, 5.74) is 1.14. The third-order valence-electron chi connectivity index (χ3n) is 3.89. The first-order valence-electron chi connectivity index (χ1n) is 7.19. The van der Waals surface area contributed by atoms with E-state index in [0.29, 0.717) is 6.04 Å². The van der Waals surface area contributed by atoms with Crippen molar-refractivity contribution >= 4 is 5.96 Å². The maximum absolute atomic E-state index is 4.27. The van der Waals surface area contributed by atoms with Crippen molar-refractivity contribution in [3.63, 3.8) is 0 Å². The van der Waals surface area contributed by atoms with Crippen molar-refractivity contribution in [1.29, 1.82) is 0 Å². The summed E-state index contributed by atoms with van der Waals surface area (Å²) in [7, 11) is 8.05. The van der Waals surface area contributed by atoms with Gasteiger partial charge in [-0.1, -0.05) is 0 Å². The van der Waals surface area contributed by atoms with E-state index < -0.39 is 0 Å². The van der Waals surface area contributed by atoms with Crippen molar-refractivity contribution in [2.45, 2.75) is 25.4 Å². The summed E-state index contributed by atoms with van der Waals surface area (Å²) in [4.78, 5) is 6.58. The SMILES string of the molecule is CN=C(NCc1ccnn1C)NCC(C1CC1)N(C)C. The molecule has 1 unspecified atom stereocenters. The molecule has 0 aliphatic heterocycles. The second-order valence-electron chi connectivity index (χ2n) is 5.62. The van der Waals surface area contributed by atoms with Crippen LogP contribution in [-0.2, 0) is 13.6 Å². The number of aliphatic imine (C=N–C) groups is 1. The Hall–Kier alpha value is -1.56. The Morgan fingerprint density at radius 3 is 2.75 bits per heavy atom. The highest BCUT2D eigenvalue weighted by Crippen LogP contribution is 2.34. The van der Waals surface area contributed by atoms with Crippen LogP contribution in [0.1, 0.15) is 18.5 Å². The van der Waals surface area contributed by atoms with E-state index in [9.17, 15) is 0 Å². The molecule has 1 aromatic heterocycles. The van der Waals surface area contributed by atoms with E-state index in [1.165, 1.54) is 12.8 Å². The van der Waals surface area contributed by atoms with Gasteiger partial charge in [0.1, 0.15) is 0 Å². The number of likely N-dealkylation sites (N-methyl/N-ethyl adjacent to an activating group) is 1. The van der Waals surface area contributed by atoms with Crippen LogP contribution in [-0.4, -0.2) is 54.4 Å². The lowest BCUT2D eigenvalue weighted by Gasteiger charge is -2.25. The minimum Gasteiger partial charge on any atom is -0.355 e. The Balaban J connectivity index is 1.79. The first kappa shape index (κ1) is 14.8. The second kappa shape index (κ2) is 6.74. The van der Waals surface area contributed by atoms with Crippen LogP contribution in [0.25, 0.3) is 0 Å². The summed E-state index contributed by atoms with van der Waals surface area (Å²) in [6.45, 7) is 1.66. The summed E-state index contributed by atoms with van der Waals surface area (Å²) in [6, 6.07) is 2.60. The smallest absolute Gasteiger partial charge is 0.191 e. The Kier molecular flexibility index (Phi) is 5.00. The first-order valence-corrected chi connectivity index (χ1v) is 7.19. The highest BCUT2D eigenvalue weighted by Gasteiger charge is 2.32. The van der Waals surface area contributed by atoms with Crippen molar-refractivity contribution in [1.82, 2.24) is 25.3 Å². The van der Waals surface area contributed by atoms with E-state index in [-0.39, 0.29) is 0 Å². The topological polar surface area (TPSA) is 57.5 Å². The van der Waals surface area contributed by atoms with Gasteiger partial charge in [0.25, 0.3) is 0 Å². The highest BCUT2D eigenvalue weighted by atomic mass is 15.3. The minimum atomic E-state index is 0.588. The summed E-state index contributed by atoms with van der Waals surface area (Å²) in [6.07, 6.45) is 4.51. The molecule has 112 valence electrons. The van der Waals surface area contributed by atoms with Crippen molar-refractivity contribution in [2.75, 3.05) is 27.7 Å². The lowest BCUT2D eigenvalue weighted by molar-refractivity contribution is 0.264. The van der Waals surface area contributed by atoms with Gasteiger partial charge in [-0.3, -0.25) is 9.67 Å². The number of hydrogen-bond donors (Lipinski definition) is 2. The average molecular weight is 278 g/mol. The van der Waals surface area contributed by atoms with Crippen molar-refractivity contribution in [3.05, 3.63) is 18.0 Å². The number of hydrogen-bond acceptors (Lipinski definition) is 3. The van der Waals surface area contributed by atoms with Crippen LogP contribution in [0.15, 0.2) is 17.3 Å². The van der Waals surface area contributed by atoms with E-state index in [1.54, 1.807) is 7.05 Å². The van der Waals surface area contributed by atoms with E-state index in [2.05, 4.69) is 39.7 Å². The Morgan fingerprint density at radius 2 is 2.25 bits per heavy atom. The summed E-state index contributed by atoms with van der Waals surface area (Å²) in [5, 5.41) is 10.9. The van der Waals surface area contributed by atoms with Crippen molar-refractivity contribution < 1.29 is 0 Å². The van der Waals surface area contributed by atoms with E-state index in [4.69, 9.17) is 0 Å². The lowest BCUT2D eigenvalue weighted by Crippen LogP contribution is -2.45. The van der Waals surface area contributed by atoms with Gasteiger partial charge in [0.05, 0.1) is 12.2 Å². The van der Waals surface area contributed by atoms with Gasteiger partial charge in [-0.05, 0) is 38.9 Å². The van der Waals surface area contributed by atoms with E-state index >= 15 is 0 Å². The molecule has 1 saturated carbocycles. The molecular formula is C14H26N6. The maximum atomic E-state index is 4.27. The molecule has 2 N–H and O–H groups in total. The molecular weight excluding hydrogens is 252 g/mol. The zero-order chi connectivity index (χ0) is 14.5. The lowest BCUT2D eigenvalue weighted by atomic mass is 10.1. The number of aromatic nitrogens is 2. The molecule has 0 spiro atoms. The third kappa shape index (κ3) is 3.96. The largest absolute Gasteiger partial charge is 0.355 e. The van der Waals surface area contributed by atoms with Crippen LogP contribution in [0.3, 0.4) is 0 Å². The van der Waals surface area contributed by atoms with Crippen molar-refractivity contribution in [2.24, 2.45) is 18.0 Å². The fourth-order valence-corrected chi connectivity index (χ4v) is 2.42. The predicted molar refractivity (Wildman–Crippen MR) is 81.6 cm³/mol. The molecule has 1 atom stereocenters. The zero-order valence-electron chi connectivity index (χ0n) is 12.9. The molecule has 0 bridgehead atoms. The van der Waals surface area contributed by atoms with Crippen LogP contribution in [0.2, 0.25) is 0 Å². The van der Waals surface area contributed by atoms with Gasteiger partial charge in [-0.15, -0.1) is 0 Å². The normalized spacial score (nSPS) is 17.4. The highest BCUT2D eigenvalue weighted by molar-refractivity contribution is 5.79. The van der Waals surface area contributed by atoms with E-state index in [1.807, 2.05) is 24.0 Å². The molecule has 1 aliphatic rings. The fourth-order valence-electron chi connectivity index (χ4n) is 2.42. The van der Waals surface area contributed by atoms with Crippen LogP contribution in [0.5, 0.6) is 0 Å². The number of rotatable bonds is 6. The Bertz CT molecular complexity index is 444. The average Bonchev–Trinajstić information content (AvgIpc) is 3.16. The number of nitrogens with zero attached hydrogens (tertiary/aromatic N) is 4. The first-order chi connectivity index (χ1) is 9.61. The van der Waals surface area contributed by atoms with Crippen LogP contribution in [0, 0.1) is 5.92 Å². The molecule has 1 aromatic rings. The molecule has 6 heteroatoms. The molecule has 0 saturated heterocycles. The molecule has 0 radical (unpaired) electrons. The van der Waals surface area contributed by atoms with Gasteiger partial charge < -0.3 is 15.5 Å².